The molecular formula is C29H29ClFN5O4. The molecule has 9 nitrogen and oxygen atoms in total. The minimum absolute atomic E-state index is 0.0770. The number of halogens is 2. The second-order valence-corrected chi connectivity index (χ2v) is 10.7. The average Bonchev–Trinajstić information content (AvgIpc) is 3.26. The van der Waals surface area contributed by atoms with Crippen molar-refractivity contribution >= 4 is 28.7 Å². The zero-order chi connectivity index (χ0) is 27.6. The molecule has 0 radical (unpaired) electrons. The Kier molecular flexibility index (Phi) is 7.64. The molecule has 0 spiro atoms. The smallest absolute Gasteiger partial charge is 0.337 e. The van der Waals surface area contributed by atoms with Gasteiger partial charge in [0.05, 0.1) is 24.8 Å². The van der Waals surface area contributed by atoms with E-state index < -0.39 is 11.8 Å². The molecule has 0 saturated carbocycles. The van der Waals surface area contributed by atoms with E-state index >= 15 is 0 Å². The predicted octanol–water partition coefficient (Wildman–Crippen LogP) is 5.06. The molecule has 40 heavy (non-hydrogen) atoms. The van der Waals surface area contributed by atoms with E-state index in [4.69, 9.17) is 31.0 Å². The quantitative estimate of drug-likeness (QED) is 0.300. The van der Waals surface area contributed by atoms with Gasteiger partial charge >= 0.3 is 5.97 Å². The minimum atomic E-state index is -1.02. The van der Waals surface area contributed by atoms with Crippen LogP contribution >= 0.6 is 11.6 Å². The SMILES string of the molecule is O=C(O)c1cnc2c(c1)nc(CN1CCC(c3cccc(OCc4ccc(Cl)cc4F)n3)CC1)n2C[C@@H]1CCO1. The molecule has 2 aliphatic rings. The van der Waals surface area contributed by atoms with Crippen molar-refractivity contribution in [3.8, 4) is 5.88 Å². The van der Waals surface area contributed by atoms with Crippen molar-refractivity contribution < 1.29 is 23.8 Å². The number of ether oxygens (including phenoxy) is 2. The Morgan fingerprint density at radius 2 is 1.98 bits per heavy atom. The fraction of sp³-hybridized carbons (Fsp3) is 0.379. The largest absolute Gasteiger partial charge is 0.478 e. The minimum Gasteiger partial charge on any atom is -0.478 e. The highest BCUT2D eigenvalue weighted by Crippen LogP contribution is 2.30. The molecule has 0 amide bonds. The van der Waals surface area contributed by atoms with Gasteiger partial charge in [-0.2, -0.15) is 0 Å². The number of pyridine rings is 2. The number of aromatic carboxylic acids is 1. The third-order valence-corrected chi connectivity index (χ3v) is 7.83. The van der Waals surface area contributed by atoms with Crippen LogP contribution in [-0.2, 0) is 24.4 Å². The van der Waals surface area contributed by atoms with E-state index in [0.717, 1.165) is 50.5 Å². The van der Waals surface area contributed by atoms with Crippen LogP contribution in [-0.4, -0.2) is 61.3 Å². The Bertz CT molecular complexity index is 1530. The lowest BCUT2D eigenvalue weighted by Crippen LogP contribution is -2.35. The molecule has 4 aromatic rings. The van der Waals surface area contributed by atoms with E-state index in [0.29, 0.717) is 40.7 Å². The highest BCUT2D eigenvalue weighted by Gasteiger charge is 2.26. The molecule has 0 aliphatic carbocycles. The average molecular weight is 566 g/mol. The molecule has 11 heteroatoms. The van der Waals surface area contributed by atoms with Crippen LogP contribution in [0.1, 0.15) is 52.6 Å². The first-order chi connectivity index (χ1) is 19.4. The number of nitrogens with zero attached hydrogens (tertiary/aromatic N) is 5. The van der Waals surface area contributed by atoms with Crippen molar-refractivity contribution in [2.45, 2.75) is 51.0 Å². The Hall–Kier alpha value is -3.60. The summed E-state index contributed by atoms with van der Waals surface area (Å²) in [5.41, 5.74) is 2.79. The summed E-state index contributed by atoms with van der Waals surface area (Å²) in [5, 5.41) is 9.73. The predicted molar refractivity (Wildman–Crippen MR) is 146 cm³/mol. The molecule has 2 fully saturated rings. The van der Waals surface area contributed by atoms with Crippen molar-refractivity contribution in [3.63, 3.8) is 0 Å². The Labute approximate surface area is 235 Å². The number of carbonyl (C=O) groups is 1. The molecule has 1 aromatic carbocycles. The van der Waals surface area contributed by atoms with Gasteiger partial charge in [-0.25, -0.2) is 24.1 Å². The Morgan fingerprint density at radius 3 is 2.70 bits per heavy atom. The van der Waals surface area contributed by atoms with E-state index in [-0.39, 0.29) is 24.2 Å². The van der Waals surface area contributed by atoms with Gasteiger partial charge < -0.3 is 19.1 Å². The Balaban J connectivity index is 1.11. The number of rotatable bonds is 9. The maximum atomic E-state index is 14.1. The summed E-state index contributed by atoms with van der Waals surface area (Å²) in [6.45, 7) is 3.86. The van der Waals surface area contributed by atoms with Crippen molar-refractivity contribution in [2.24, 2.45) is 0 Å². The lowest BCUT2D eigenvalue weighted by molar-refractivity contribution is -0.0593. The first kappa shape index (κ1) is 26.6. The highest BCUT2D eigenvalue weighted by atomic mass is 35.5. The van der Waals surface area contributed by atoms with Crippen LogP contribution < -0.4 is 4.74 Å². The van der Waals surface area contributed by atoms with Crippen LogP contribution in [0.4, 0.5) is 4.39 Å². The number of carboxylic acid groups (broad SMARTS) is 1. The van der Waals surface area contributed by atoms with Gasteiger partial charge in [0.15, 0.2) is 5.65 Å². The maximum absolute atomic E-state index is 14.1. The molecule has 1 atom stereocenters. The van der Waals surface area contributed by atoms with E-state index in [1.54, 1.807) is 24.3 Å². The van der Waals surface area contributed by atoms with Gasteiger partial charge in [0.2, 0.25) is 5.88 Å². The number of piperidine rings is 1. The standard InChI is InChI=1S/C29H29ClFN5O4/c30-21-5-4-19(23(31)13-21)17-40-27-3-1-2-24(34-27)18-6-9-35(10-7-18)16-26-33-25-12-20(29(37)38)14-32-28(25)36(26)15-22-8-11-39-22/h1-5,12-14,18,22H,6-11,15-17H2,(H,37,38)/t22-/m0/s1. The maximum Gasteiger partial charge on any atom is 0.337 e. The van der Waals surface area contributed by atoms with Crippen molar-refractivity contribution in [2.75, 3.05) is 19.7 Å². The van der Waals surface area contributed by atoms with Crippen molar-refractivity contribution in [3.05, 3.63) is 82.1 Å². The number of likely N-dealkylation sites (tertiary alicyclic amines) is 1. The summed E-state index contributed by atoms with van der Waals surface area (Å²) >= 11 is 5.84. The molecular weight excluding hydrogens is 537 g/mol. The third-order valence-electron chi connectivity index (χ3n) is 7.60. The summed E-state index contributed by atoms with van der Waals surface area (Å²) in [6.07, 6.45) is 4.35. The van der Waals surface area contributed by atoms with Gasteiger partial charge in [0.25, 0.3) is 0 Å². The van der Waals surface area contributed by atoms with Gasteiger partial charge in [-0.3, -0.25) is 4.90 Å². The summed E-state index contributed by atoms with van der Waals surface area (Å²) in [4.78, 5) is 27.7. The van der Waals surface area contributed by atoms with Crippen LogP contribution in [0, 0.1) is 5.82 Å². The second-order valence-electron chi connectivity index (χ2n) is 10.3. The fourth-order valence-electron chi connectivity index (χ4n) is 5.24. The number of fused-ring (bicyclic) bond motifs is 1. The van der Waals surface area contributed by atoms with Crippen LogP contribution in [0.3, 0.4) is 0 Å². The van der Waals surface area contributed by atoms with Crippen LogP contribution in [0.2, 0.25) is 5.02 Å². The van der Waals surface area contributed by atoms with E-state index in [9.17, 15) is 14.3 Å². The fourth-order valence-corrected chi connectivity index (χ4v) is 5.39. The number of carboxylic acids is 1. The number of hydrogen-bond acceptors (Lipinski definition) is 7. The topological polar surface area (TPSA) is 103 Å². The summed E-state index contributed by atoms with van der Waals surface area (Å²) in [5.74, 6) is 0.198. The Morgan fingerprint density at radius 1 is 1.15 bits per heavy atom. The van der Waals surface area contributed by atoms with Crippen LogP contribution in [0.5, 0.6) is 5.88 Å². The van der Waals surface area contributed by atoms with Crippen LogP contribution in [0.15, 0.2) is 48.7 Å². The third kappa shape index (κ3) is 5.79. The monoisotopic (exact) mass is 565 g/mol. The molecule has 6 rings (SSSR count). The number of aromatic nitrogens is 4. The summed E-state index contributed by atoms with van der Waals surface area (Å²) in [6, 6.07) is 11.8. The van der Waals surface area contributed by atoms with Gasteiger partial charge in [-0.15, -0.1) is 0 Å². The van der Waals surface area contributed by atoms with Gasteiger partial charge in [0.1, 0.15) is 23.8 Å². The molecule has 0 bridgehead atoms. The van der Waals surface area contributed by atoms with Crippen LogP contribution in [0.25, 0.3) is 11.2 Å². The first-order valence-corrected chi connectivity index (χ1v) is 13.8. The van der Waals surface area contributed by atoms with Gasteiger partial charge in [-0.1, -0.05) is 23.7 Å². The molecule has 2 aliphatic heterocycles. The zero-order valence-electron chi connectivity index (χ0n) is 21.8. The number of imidazole rings is 1. The highest BCUT2D eigenvalue weighted by molar-refractivity contribution is 6.30. The zero-order valence-corrected chi connectivity index (χ0v) is 22.6. The lowest BCUT2D eigenvalue weighted by Gasteiger charge is -2.32. The van der Waals surface area contributed by atoms with Gasteiger partial charge in [-0.05, 0) is 56.6 Å². The number of benzene rings is 1. The molecule has 2 saturated heterocycles. The molecule has 3 aromatic heterocycles. The first-order valence-electron chi connectivity index (χ1n) is 13.4. The van der Waals surface area contributed by atoms with Crippen molar-refractivity contribution in [1.82, 2.24) is 24.4 Å². The summed E-state index contributed by atoms with van der Waals surface area (Å²) in [7, 11) is 0. The van der Waals surface area contributed by atoms with Crippen molar-refractivity contribution in [1.29, 1.82) is 0 Å². The molecule has 208 valence electrons. The van der Waals surface area contributed by atoms with E-state index in [1.807, 2.05) is 12.1 Å². The lowest BCUT2D eigenvalue weighted by atomic mass is 9.93. The molecule has 5 heterocycles. The number of hydrogen-bond donors (Lipinski definition) is 1. The molecule has 0 unspecified atom stereocenters. The molecule has 1 N–H and O–H groups in total. The normalized spacial score (nSPS) is 18.1. The van der Waals surface area contributed by atoms with E-state index in [1.165, 1.54) is 12.3 Å². The van der Waals surface area contributed by atoms with Gasteiger partial charge in [0, 0.05) is 41.1 Å². The summed E-state index contributed by atoms with van der Waals surface area (Å²) < 4.78 is 27.6. The second kappa shape index (κ2) is 11.5. The van der Waals surface area contributed by atoms with E-state index in [2.05, 4.69) is 14.5 Å².